The van der Waals surface area contributed by atoms with Crippen LogP contribution < -0.4 is 4.74 Å². The largest absolute Gasteiger partial charge is 0.494 e. The highest BCUT2D eigenvalue weighted by atomic mass is 19.1. The number of ether oxygens (including phenoxy) is 1. The zero-order chi connectivity index (χ0) is 15.9. The van der Waals surface area contributed by atoms with E-state index in [1.807, 2.05) is 19.1 Å². The number of halogens is 1. The van der Waals surface area contributed by atoms with Crippen LogP contribution in [0.2, 0.25) is 0 Å². The van der Waals surface area contributed by atoms with Gasteiger partial charge in [-0.15, -0.1) is 0 Å². The normalized spacial score (nSPS) is 19.2. The van der Waals surface area contributed by atoms with Crippen molar-refractivity contribution in [1.29, 1.82) is 0 Å². The summed E-state index contributed by atoms with van der Waals surface area (Å²) in [7, 11) is 0. The molecule has 1 unspecified atom stereocenters. The lowest BCUT2D eigenvalue weighted by molar-refractivity contribution is 0.334. The van der Waals surface area contributed by atoms with Gasteiger partial charge in [0.1, 0.15) is 11.6 Å². The second-order valence-electron chi connectivity index (χ2n) is 6.31. The third-order valence-corrected chi connectivity index (χ3v) is 5.08. The molecule has 0 heterocycles. The van der Waals surface area contributed by atoms with Crippen LogP contribution >= 0.6 is 0 Å². The van der Waals surface area contributed by atoms with E-state index in [0.29, 0.717) is 12.5 Å². The third-order valence-electron chi connectivity index (χ3n) is 5.08. The van der Waals surface area contributed by atoms with Gasteiger partial charge in [0.2, 0.25) is 0 Å². The maximum atomic E-state index is 13.9. The average Bonchev–Trinajstić information content (AvgIpc) is 2.77. The first-order valence-corrected chi connectivity index (χ1v) is 8.12. The van der Waals surface area contributed by atoms with Crippen molar-refractivity contribution in [2.24, 2.45) is 5.92 Å². The molecule has 1 aliphatic rings. The van der Waals surface area contributed by atoms with Gasteiger partial charge in [0.05, 0.1) is 6.61 Å². The fourth-order valence-corrected chi connectivity index (χ4v) is 4.06. The molecule has 0 radical (unpaired) electrons. The Labute approximate surface area is 132 Å². The quantitative estimate of drug-likeness (QED) is 0.718. The monoisotopic (exact) mass is 298 g/mol. The highest BCUT2D eigenvalue weighted by Gasteiger charge is 2.44. The fourth-order valence-electron chi connectivity index (χ4n) is 4.06. The van der Waals surface area contributed by atoms with Crippen LogP contribution in [0.5, 0.6) is 5.75 Å². The van der Waals surface area contributed by atoms with Gasteiger partial charge in [0.15, 0.2) is 0 Å². The minimum Gasteiger partial charge on any atom is -0.494 e. The summed E-state index contributed by atoms with van der Waals surface area (Å²) in [6.45, 7) is 9.28. The Balaban J connectivity index is 2.31. The Morgan fingerprint density at radius 2 is 1.64 bits per heavy atom. The molecule has 22 heavy (non-hydrogen) atoms. The minimum atomic E-state index is -0.157. The molecule has 0 aromatic heterocycles. The van der Waals surface area contributed by atoms with Crippen LogP contribution in [0.15, 0.2) is 36.4 Å². The zero-order valence-corrected chi connectivity index (χ0v) is 13.7. The van der Waals surface area contributed by atoms with E-state index in [1.165, 1.54) is 11.1 Å². The van der Waals surface area contributed by atoms with Gasteiger partial charge in [-0.1, -0.05) is 32.9 Å². The first-order chi connectivity index (χ1) is 10.5. The molecular weight excluding hydrogens is 275 g/mol. The van der Waals surface area contributed by atoms with Crippen LogP contribution in [-0.2, 0) is 5.41 Å². The molecule has 0 amide bonds. The van der Waals surface area contributed by atoms with Gasteiger partial charge in [-0.2, -0.15) is 0 Å². The molecule has 0 spiro atoms. The van der Waals surface area contributed by atoms with Crippen molar-refractivity contribution in [3.63, 3.8) is 0 Å². The van der Waals surface area contributed by atoms with Crippen molar-refractivity contribution in [2.75, 3.05) is 6.61 Å². The van der Waals surface area contributed by atoms with Crippen molar-refractivity contribution in [3.05, 3.63) is 53.3 Å². The summed E-state index contributed by atoms with van der Waals surface area (Å²) in [5.74, 6) is 1.12. The first kappa shape index (κ1) is 15.1. The summed E-state index contributed by atoms with van der Waals surface area (Å²) in [5.41, 5.74) is 4.63. The Hall–Kier alpha value is -1.83. The van der Waals surface area contributed by atoms with Crippen molar-refractivity contribution in [1.82, 2.24) is 0 Å². The molecular formula is C20H23FO. The molecule has 116 valence electrons. The van der Waals surface area contributed by atoms with E-state index < -0.39 is 0 Å². The SMILES string of the molecule is CCOc1ccc2c(c1)C(CC)(C(C)C)c1cc(F)ccc1-2. The summed E-state index contributed by atoms with van der Waals surface area (Å²) in [6, 6.07) is 11.5. The molecule has 0 N–H and O–H groups in total. The Kier molecular flexibility index (Phi) is 3.72. The van der Waals surface area contributed by atoms with E-state index in [0.717, 1.165) is 23.3 Å². The number of rotatable bonds is 4. The maximum Gasteiger partial charge on any atom is 0.123 e. The van der Waals surface area contributed by atoms with Crippen LogP contribution in [-0.4, -0.2) is 6.61 Å². The molecule has 1 atom stereocenters. The van der Waals surface area contributed by atoms with E-state index >= 15 is 0 Å². The number of fused-ring (bicyclic) bond motifs is 3. The van der Waals surface area contributed by atoms with Gasteiger partial charge < -0.3 is 4.74 Å². The highest BCUT2D eigenvalue weighted by Crippen LogP contribution is 2.55. The molecule has 0 fully saturated rings. The second kappa shape index (κ2) is 5.42. The summed E-state index contributed by atoms with van der Waals surface area (Å²) in [5, 5.41) is 0. The molecule has 0 bridgehead atoms. The number of hydrogen-bond acceptors (Lipinski definition) is 1. The smallest absolute Gasteiger partial charge is 0.123 e. The minimum absolute atomic E-state index is 0.139. The summed E-state index contributed by atoms with van der Waals surface area (Å²) in [4.78, 5) is 0. The van der Waals surface area contributed by atoms with E-state index in [1.54, 1.807) is 12.1 Å². The summed E-state index contributed by atoms with van der Waals surface area (Å²) < 4.78 is 19.6. The predicted molar refractivity (Wildman–Crippen MR) is 88.9 cm³/mol. The lowest BCUT2D eigenvalue weighted by Crippen LogP contribution is -2.30. The molecule has 2 heteroatoms. The van der Waals surface area contributed by atoms with E-state index in [9.17, 15) is 4.39 Å². The van der Waals surface area contributed by atoms with Crippen LogP contribution in [0.4, 0.5) is 4.39 Å². The maximum absolute atomic E-state index is 13.9. The average molecular weight is 298 g/mol. The molecule has 1 nitrogen and oxygen atoms in total. The van der Waals surface area contributed by atoms with Gasteiger partial charge >= 0.3 is 0 Å². The fraction of sp³-hybridized carbons (Fsp3) is 0.400. The topological polar surface area (TPSA) is 9.23 Å². The number of hydrogen-bond donors (Lipinski definition) is 0. The first-order valence-electron chi connectivity index (χ1n) is 8.12. The lowest BCUT2D eigenvalue weighted by Gasteiger charge is -2.35. The van der Waals surface area contributed by atoms with Crippen molar-refractivity contribution in [3.8, 4) is 16.9 Å². The summed E-state index contributed by atoms with van der Waals surface area (Å²) >= 11 is 0. The molecule has 2 aromatic carbocycles. The van der Waals surface area contributed by atoms with Crippen molar-refractivity contribution < 1.29 is 9.13 Å². The van der Waals surface area contributed by atoms with Crippen LogP contribution in [0, 0.1) is 11.7 Å². The van der Waals surface area contributed by atoms with Gasteiger partial charge in [-0.3, -0.25) is 0 Å². The van der Waals surface area contributed by atoms with E-state index in [4.69, 9.17) is 4.74 Å². The van der Waals surface area contributed by atoms with Crippen LogP contribution in [0.3, 0.4) is 0 Å². The molecule has 0 saturated heterocycles. The Bertz CT molecular complexity index is 705. The van der Waals surface area contributed by atoms with Gasteiger partial charge in [0.25, 0.3) is 0 Å². The summed E-state index contributed by atoms with van der Waals surface area (Å²) in [6.07, 6.45) is 0.948. The van der Waals surface area contributed by atoms with E-state index in [-0.39, 0.29) is 11.2 Å². The Morgan fingerprint density at radius 1 is 1.00 bits per heavy atom. The molecule has 1 aliphatic carbocycles. The number of benzene rings is 2. The van der Waals surface area contributed by atoms with Gasteiger partial charge in [0, 0.05) is 5.41 Å². The van der Waals surface area contributed by atoms with Crippen LogP contribution in [0.1, 0.15) is 45.2 Å². The standard InChI is InChI=1S/C20H23FO/c1-5-20(13(3)4)18-11-14(21)7-9-16(18)17-10-8-15(22-6-2)12-19(17)20/h7-13H,5-6H2,1-4H3. The Morgan fingerprint density at radius 3 is 2.23 bits per heavy atom. The third kappa shape index (κ3) is 1.97. The predicted octanol–water partition coefficient (Wildman–Crippen LogP) is 5.56. The van der Waals surface area contributed by atoms with Crippen LogP contribution in [0.25, 0.3) is 11.1 Å². The van der Waals surface area contributed by atoms with Gasteiger partial charge in [-0.05, 0) is 65.8 Å². The second-order valence-corrected chi connectivity index (χ2v) is 6.31. The van der Waals surface area contributed by atoms with Crippen molar-refractivity contribution >= 4 is 0 Å². The zero-order valence-electron chi connectivity index (χ0n) is 13.7. The molecule has 0 saturated carbocycles. The lowest BCUT2D eigenvalue weighted by atomic mass is 9.68. The highest BCUT2D eigenvalue weighted by molar-refractivity contribution is 5.82. The molecule has 0 aliphatic heterocycles. The van der Waals surface area contributed by atoms with Gasteiger partial charge in [-0.25, -0.2) is 4.39 Å². The molecule has 3 rings (SSSR count). The van der Waals surface area contributed by atoms with E-state index in [2.05, 4.69) is 32.9 Å². The molecule has 2 aromatic rings. The van der Waals surface area contributed by atoms with Crippen molar-refractivity contribution in [2.45, 2.75) is 39.5 Å².